The number of thioether (sulfide) groups is 1. The predicted octanol–water partition coefficient (Wildman–Crippen LogP) is 1.88. The van der Waals surface area contributed by atoms with Gasteiger partial charge < -0.3 is 9.64 Å². The zero-order valence-electron chi connectivity index (χ0n) is 11.5. The number of ether oxygens (including phenoxy) is 1. The Morgan fingerprint density at radius 3 is 3.09 bits per heavy atom. The first-order valence-corrected chi connectivity index (χ1v) is 9.47. The highest BCUT2D eigenvalue weighted by Gasteiger charge is 2.45. The first kappa shape index (κ1) is 14.9. The van der Waals surface area contributed by atoms with Gasteiger partial charge >= 0.3 is 5.97 Å². The third-order valence-corrected chi connectivity index (χ3v) is 6.54. The smallest absolute Gasteiger partial charge is 0.338 e. The molecule has 2 unspecified atom stereocenters. The maximum atomic E-state index is 12.7. The van der Waals surface area contributed by atoms with Gasteiger partial charge in [-0.05, 0) is 17.5 Å². The molecule has 1 aromatic carbocycles. The van der Waals surface area contributed by atoms with Crippen molar-refractivity contribution in [2.45, 2.75) is 17.5 Å². The van der Waals surface area contributed by atoms with Gasteiger partial charge in [0.15, 0.2) is 16.0 Å². The quantitative estimate of drug-likeness (QED) is 0.496. The van der Waals surface area contributed by atoms with Gasteiger partial charge in [-0.25, -0.2) is 18.2 Å². The van der Waals surface area contributed by atoms with Gasteiger partial charge in [0.25, 0.3) is 10.0 Å². The minimum absolute atomic E-state index is 0.209. The normalized spacial score (nSPS) is 25.2. The topological polar surface area (TPSA) is 88.1 Å². The van der Waals surface area contributed by atoms with Crippen LogP contribution >= 0.6 is 23.4 Å². The van der Waals surface area contributed by atoms with E-state index >= 15 is 0 Å². The minimum Gasteiger partial charge on any atom is -0.457 e. The molecular weight excluding hydrogens is 362 g/mol. The predicted molar refractivity (Wildman–Crippen MR) is 87.5 cm³/mol. The Hall–Kier alpha value is -1.71. The summed E-state index contributed by atoms with van der Waals surface area (Å²) in [6, 6.07) is 4.72. The monoisotopic (exact) mass is 371 g/mol. The van der Waals surface area contributed by atoms with Gasteiger partial charge in [0.05, 0.1) is 5.56 Å². The van der Waals surface area contributed by atoms with Gasteiger partial charge in [-0.1, -0.05) is 29.4 Å². The van der Waals surface area contributed by atoms with Crippen molar-refractivity contribution >= 4 is 50.2 Å². The molecule has 7 nitrogen and oxygen atoms in total. The fourth-order valence-electron chi connectivity index (χ4n) is 2.57. The molecule has 3 aliphatic heterocycles. The van der Waals surface area contributed by atoms with Crippen LogP contribution in [0, 0.1) is 0 Å². The summed E-state index contributed by atoms with van der Waals surface area (Å²) >= 11 is 7.40. The van der Waals surface area contributed by atoms with Gasteiger partial charge in [-0.15, -0.1) is 0 Å². The molecule has 0 bridgehead atoms. The third kappa shape index (κ3) is 2.39. The number of carbonyl (C=O) groups is 1. The van der Waals surface area contributed by atoms with E-state index in [0.29, 0.717) is 10.7 Å². The molecule has 23 heavy (non-hydrogen) atoms. The fourth-order valence-corrected chi connectivity index (χ4v) is 5.50. The van der Waals surface area contributed by atoms with Gasteiger partial charge in [0, 0.05) is 17.5 Å². The van der Waals surface area contributed by atoms with Crippen molar-refractivity contribution < 1.29 is 17.9 Å². The Morgan fingerprint density at radius 2 is 2.26 bits per heavy atom. The van der Waals surface area contributed by atoms with Crippen molar-refractivity contribution in [2.24, 2.45) is 4.99 Å². The molecule has 0 saturated carbocycles. The molecule has 3 aliphatic rings. The van der Waals surface area contributed by atoms with Crippen LogP contribution in [0.4, 0.5) is 5.69 Å². The zero-order valence-corrected chi connectivity index (χ0v) is 13.9. The highest BCUT2D eigenvalue weighted by molar-refractivity contribution is 8.16. The van der Waals surface area contributed by atoms with E-state index in [4.69, 9.17) is 16.3 Å². The Balaban J connectivity index is 1.62. The van der Waals surface area contributed by atoms with Crippen LogP contribution in [0.5, 0.6) is 0 Å². The van der Waals surface area contributed by atoms with Gasteiger partial charge in [0.1, 0.15) is 6.61 Å². The van der Waals surface area contributed by atoms with Crippen LogP contribution in [0.2, 0.25) is 0 Å². The molecule has 4 rings (SSSR count). The molecule has 0 spiro atoms. The molecule has 1 aromatic rings. The summed E-state index contributed by atoms with van der Waals surface area (Å²) < 4.78 is 32.7. The van der Waals surface area contributed by atoms with E-state index in [1.165, 1.54) is 22.7 Å². The van der Waals surface area contributed by atoms with Crippen molar-refractivity contribution in [2.75, 3.05) is 4.72 Å². The number of amidine groups is 1. The van der Waals surface area contributed by atoms with E-state index < -0.39 is 26.9 Å². The lowest BCUT2D eigenvalue weighted by molar-refractivity contribution is 0.0535. The Morgan fingerprint density at radius 1 is 1.43 bits per heavy atom. The summed E-state index contributed by atoms with van der Waals surface area (Å²) in [6.45, 7) is 0.209. The van der Waals surface area contributed by atoms with Crippen molar-refractivity contribution in [1.29, 1.82) is 0 Å². The van der Waals surface area contributed by atoms with E-state index in [9.17, 15) is 13.2 Å². The number of sulfonamides is 1. The molecule has 120 valence electrons. The van der Waals surface area contributed by atoms with E-state index in [1.54, 1.807) is 23.7 Å². The van der Waals surface area contributed by atoms with Crippen molar-refractivity contribution in [3.63, 3.8) is 0 Å². The Bertz CT molecular complexity index is 868. The van der Waals surface area contributed by atoms with Gasteiger partial charge in [-0.2, -0.15) is 0 Å². The van der Waals surface area contributed by atoms with E-state index in [0.717, 1.165) is 5.56 Å². The first-order chi connectivity index (χ1) is 11.0. The molecule has 0 saturated heterocycles. The summed E-state index contributed by atoms with van der Waals surface area (Å²) in [4.78, 5) is 17.2. The summed E-state index contributed by atoms with van der Waals surface area (Å²) in [7, 11) is -3.84. The van der Waals surface area contributed by atoms with E-state index in [-0.39, 0.29) is 12.3 Å². The number of fused-ring (bicyclic) bond motifs is 2. The number of aliphatic imine (C=N–C) groups is 1. The number of nitrogens with zero attached hydrogens (tertiary/aromatic N) is 2. The van der Waals surface area contributed by atoms with Crippen molar-refractivity contribution in [1.82, 2.24) is 4.90 Å². The number of cyclic esters (lactones) is 1. The highest BCUT2D eigenvalue weighted by Crippen LogP contribution is 2.35. The lowest BCUT2D eigenvalue weighted by atomic mass is 10.1. The average Bonchev–Trinajstić information content (AvgIpc) is 3.13. The van der Waals surface area contributed by atoms with Crippen LogP contribution in [0.3, 0.4) is 0 Å². The maximum Gasteiger partial charge on any atom is 0.338 e. The summed E-state index contributed by atoms with van der Waals surface area (Å²) in [5, 5.41) is 1.26. The lowest BCUT2D eigenvalue weighted by Gasteiger charge is -2.23. The molecular formula is C13H10ClN3O4S2. The largest absolute Gasteiger partial charge is 0.457 e. The molecule has 0 aromatic heterocycles. The number of alkyl halides is 1. The minimum atomic E-state index is -3.84. The lowest BCUT2D eigenvalue weighted by Crippen LogP contribution is -2.42. The van der Waals surface area contributed by atoms with Crippen LogP contribution in [-0.4, -0.2) is 35.3 Å². The third-order valence-electron chi connectivity index (χ3n) is 3.63. The summed E-state index contributed by atoms with van der Waals surface area (Å²) in [5.74, 6) is -0.457. The standard InChI is InChI=1S/C13H10ClN3O4S2/c14-10-11(17-3-4-22-13(17)15-10)23(19,20)16-8-2-1-7-6-21-12(18)9(7)5-8/h1-5,10-11,16H,6H2. The molecule has 0 amide bonds. The molecule has 2 atom stereocenters. The second kappa shape index (κ2) is 5.15. The van der Waals surface area contributed by atoms with E-state index in [1.807, 2.05) is 0 Å². The molecule has 10 heteroatoms. The van der Waals surface area contributed by atoms with E-state index in [2.05, 4.69) is 9.71 Å². The van der Waals surface area contributed by atoms with Crippen molar-refractivity contribution in [3.05, 3.63) is 40.9 Å². The van der Waals surface area contributed by atoms with Crippen LogP contribution in [0.25, 0.3) is 0 Å². The number of hydrogen-bond acceptors (Lipinski definition) is 7. The zero-order chi connectivity index (χ0) is 16.2. The molecule has 0 aliphatic carbocycles. The highest BCUT2D eigenvalue weighted by atomic mass is 35.5. The summed E-state index contributed by atoms with van der Waals surface area (Å²) in [6.07, 6.45) is 1.63. The molecule has 0 radical (unpaired) electrons. The molecule has 1 N–H and O–H groups in total. The molecule has 3 heterocycles. The number of benzene rings is 1. The number of rotatable bonds is 3. The van der Waals surface area contributed by atoms with Crippen LogP contribution in [-0.2, 0) is 21.4 Å². The second-order valence-electron chi connectivity index (χ2n) is 5.08. The number of anilines is 1. The van der Waals surface area contributed by atoms with Crippen LogP contribution in [0.15, 0.2) is 34.8 Å². The second-order valence-corrected chi connectivity index (χ2v) is 8.18. The molecule has 0 fully saturated rings. The number of halogens is 1. The number of esters is 1. The number of carbonyl (C=O) groups excluding carboxylic acids is 1. The Kier molecular flexibility index (Phi) is 3.33. The first-order valence-electron chi connectivity index (χ1n) is 6.61. The van der Waals surface area contributed by atoms with Crippen LogP contribution in [0.1, 0.15) is 15.9 Å². The van der Waals surface area contributed by atoms with Gasteiger partial charge in [-0.3, -0.25) is 4.72 Å². The van der Waals surface area contributed by atoms with Gasteiger partial charge in [0.2, 0.25) is 0 Å². The SMILES string of the molecule is O=C1OCc2ccc(NS(=O)(=O)C3C(Cl)N=C4SC=CN43)cc21. The maximum absolute atomic E-state index is 12.7. The van der Waals surface area contributed by atoms with Crippen molar-refractivity contribution in [3.8, 4) is 0 Å². The Labute approximate surface area is 141 Å². The van der Waals surface area contributed by atoms with Crippen LogP contribution < -0.4 is 4.72 Å². The average molecular weight is 372 g/mol. The summed E-state index contributed by atoms with van der Waals surface area (Å²) in [5.41, 5.74) is 0.487. The number of nitrogens with one attached hydrogen (secondary N) is 1. The number of hydrogen-bond donors (Lipinski definition) is 1. The fraction of sp³-hybridized carbons (Fsp3) is 0.231.